The number of rotatable bonds is 8. The van der Waals surface area contributed by atoms with E-state index in [0.29, 0.717) is 30.3 Å². The SMILES string of the molecule is COc1cccc(OC)c1OC1CCN(CC(=O)N(C)Cc2ccc(C)o2)CC1. The van der Waals surface area contributed by atoms with E-state index >= 15 is 0 Å². The van der Waals surface area contributed by atoms with Gasteiger partial charge in [0.05, 0.1) is 27.3 Å². The van der Waals surface area contributed by atoms with Crippen LogP contribution in [0.4, 0.5) is 0 Å². The Morgan fingerprint density at radius 1 is 1.14 bits per heavy atom. The zero-order valence-electron chi connectivity index (χ0n) is 17.6. The van der Waals surface area contributed by atoms with Crippen molar-refractivity contribution in [3.05, 3.63) is 41.9 Å². The number of likely N-dealkylation sites (N-methyl/N-ethyl adjacent to an activating group) is 1. The molecule has 1 amide bonds. The maximum Gasteiger partial charge on any atom is 0.236 e. The first kappa shape index (κ1) is 21.0. The third kappa shape index (κ3) is 5.44. The minimum atomic E-state index is 0.0652. The van der Waals surface area contributed by atoms with E-state index in [4.69, 9.17) is 18.6 Å². The quantitative estimate of drug-likeness (QED) is 0.676. The molecule has 29 heavy (non-hydrogen) atoms. The van der Waals surface area contributed by atoms with Crippen molar-refractivity contribution in [3.63, 3.8) is 0 Å². The zero-order valence-corrected chi connectivity index (χ0v) is 17.6. The largest absolute Gasteiger partial charge is 0.493 e. The molecule has 0 unspecified atom stereocenters. The first-order valence-electron chi connectivity index (χ1n) is 9.89. The molecule has 2 heterocycles. The number of carbonyl (C=O) groups excluding carboxylic acids is 1. The number of benzene rings is 1. The molecule has 1 saturated heterocycles. The van der Waals surface area contributed by atoms with E-state index < -0.39 is 0 Å². The fraction of sp³-hybridized carbons (Fsp3) is 0.500. The number of hydrogen-bond donors (Lipinski definition) is 0. The van der Waals surface area contributed by atoms with E-state index in [1.165, 1.54) is 0 Å². The lowest BCUT2D eigenvalue weighted by atomic mass is 10.1. The predicted molar refractivity (Wildman–Crippen MR) is 110 cm³/mol. The molecule has 1 aliphatic heterocycles. The van der Waals surface area contributed by atoms with E-state index in [1.54, 1.807) is 19.1 Å². The maximum atomic E-state index is 12.5. The van der Waals surface area contributed by atoms with Crippen molar-refractivity contribution in [2.24, 2.45) is 0 Å². The van der Waals surface area contributed by atoms with E-state index in [2.05, 4.69) is 4.90 Å². The molecule has 0 saturated carbocycles. The number of likely N-dealkylation sites (tertiary alicyclic amines) is 1. The summed E-state index contributed by atoms with van der Waals surface area (Å²) in [4.78, 5) is 16.4. The second-order valence-corrected chi connectivity index (χ2v) is 7.35. The van der Waals surface area contributed by atoms with Crippen LogP contribution >= 0.6 is 0 Å². The normalized spacial score (nSPS) is 15.2. The molecule has 1 fully saturated rings. The maximum absolute atomic E-state index is 12.5. The molecule has 7 heteroatoms. The molecule has 1 aliphatic rings. The minimum absolute atomic E-state index is 0.0652. The average molecular weight is 402 g/mol. The van der Waals surface area contributed by atoms with Gasteiger partial charge in [0, 0.05) is 20.1 Å². The van der Waals surface area contributed by atoms with Crippen LogP contribution in [0.2, 0.25) is 0 Å². The van der Waals surface area contributed by atoms with Crippen LogP contribution < -0.4 is 14.2 Å². The fourth-order valence-electron chi connectivity index (χ4n) is 3.49. The Bertz CT molecular complexity index is 789. The van der Waals surface area contributed by atoms with E-state index in [1.807, 2.05) is 44.3 Å². The summed E-state index contributed by atoms with van der Waals surface area (Å²) in [5.41, 5.74) is 0. The van der Waals surface area contributed by atoms with Gasteiger partial charge in [-0.15, -0.1) is 0 Å². The monoisotopic (exact) mass is 402 g/mol. The lowest BCUT2D eigenvalue weighted by Crippen LogP contribution is -2.44. The number of methoxy groups -OCH3 is 2. The highest BCUT2D eigenvalue weighted by Crippen LogP contribution is 2.38. The summed E-state index contributed by atoms with van der Waals surface area (Å²) >= 11 is 0. The molecule has 2 aromatic rings. The highest BCUT2D eigenvalue weighted by Gasteiger charge is 2.25. The molecule has 0 atom stereocenters. The van der Waals surface area contributed by atoms with Crippen molar-refractivity contribution >= 4 is 5.91 Å². The highest BCUT2D eigenvalue weighted by molar-refractivity contribution is 5.77. The summed E-state index contributed by atoms with van der Waals surface area (Å²) in [5, 5.41) is 0. The molecular weight excluding hydrogens is 372 g/mol. The highest BCUT2D eigenvalue weighted by atomic mass is 16.5. The second kappa shape index (κ2) is 9.69. The van der Waals surface area contributed by atoms with Crippen LogP contribution in [-0.4, -0.2) is 62.7 Å². The smallest absolute Gasteiger partial charge is 0.236 e. The van der Waals surface area contributed by atoms with Gasteiger partial charge in [-0.25, -0.2) is 0 Å². The Labute approximate surface area is 172 Å². The Morgan fingerprint density at radius 3 is 2.34 bits per heavy atom. The number of para-hydroxylation sites is 1. The lowest BCUT2D eigenvalue weighted by Gasteiger charge is -2.33. The minimum Gasteiger partial charge on any atom is -0.493 e. The molecule has 0 spiro atoms. The molecular formula is C22H30N2O5. The van der Waals surface area contributed by atoms with Gasteiger partial charge in [-0.2, -0.15) is 0 Å². The van der Waals surface area contributed by atoms with Crippen LogP contribution in [0.15, 0.2) is 34.7 Å². The fourth-order valence-corrected chi connectivity index (χ4v) is 3.49. The molecule has 0 bridgehead atoms. The first-order valence-corrected chi connectivity index (χ1v) is 9.89. The number of nitrogens with zero attached hydrogens (tertiary/aromatic N) is 2. The standard InChI is InChI=1S/C22H30N2O5/c1-16-8-9-18(28-16)14-23(2)21(25)15-24-12-10-17(11-13-24)29-22-19(26-3)6-5-7-20(22)27-4/h5-9,17H,10-15H2,1-4H3. The average Bonchev–Trinajstić information content (AvgIpc) is 3.14. The van der Waals surface area contributed by atoms with Gasteiger partial charge >= 0.3 is 0 Å². The number of piperidine rings is 1. The van der Waals surface area contributed by atoms with Crippen LogP contribution in [0.3, 0.4) is 0 Å². The summed E-state index contributed by atoms with van der Waals surface area (Å²) in [5.74, 6) is 3.71. The van der Waals surface area contributed by atoms with Crippen LogP contribution in [-0.2, 0) is 11.3 Å². The van der Waals surface area contributed by atoms with Gasteiger partial charge in [0.25, 0.3) is 0 Å². The topological polar surface area (TPSA) is 64.4 Å². The van der Waals surface area contributed by atoms with Crippen molar-refractivity contribution in [2.75, 3.05) is 40.9 Å². The summed E-state index contributed by atoms with van der Waals surface area (Å²) in [6.45, 7) is 4.40. The third-order valence-electron chi connectivity index (χ3n) is 5.18. The summed E-state index contributed by atoms with van der Waals surface area (Å²) < 4.78 is 22.6. The third-order valence-corrected chi connectivity index (χ3v) is 5.18. The van der Waals surface area contributed by atoms with Gasteiger partial charge in [-0.3, -0.25) is 9.69 Å². The Morgan fingerprint density at radius 2 is 1.79 bits per heavy atom. The van der Waals surface area contributed by atoms with Crippen LogP contribution in [0.25, 0.3) is 0 Å². The Kier molecular flexibility index (Phi) is 7.04. The van der Waals surface area contributed by atoms with Gasteiger partial charge in [-0.05, 0) is 44.0 Å². The van der Waals surface area contributed by atoms with E-state index in [-0.39, 0.29) is 12.0 Å². The summed E-state index contributed by atoms with van der Waals surface area (Å²) in [6, 6.07) is 9.42. The van der Waals surface area contributed by atoms with Gasteiger partial charge in [-0.1, -0.05) is 6.07 Å². The molecule has 7 nitrogen and oxygen atoms in total. The van der Waals surface area contributed by atoms with Crippen LogP contribution in [0.1, 0.15) is 24.4 Å². The van der Waals surface area contributed by atoms with Gasteiger partial charge in [0.1, 0.15) is 17.6 Å². The number of carbonyl (C=O) groups is 1. The zero-order chi connectivity index (χ0) is 20.8. The van der Waals surface area contributed by atoms with Gasteiger partial charge in [0.2, 0.25) is 11.7 Å². The van der Waals surface area contributed by atoms with Crippen molar-refractivity contribution in [1.29, 1.82) is 0 Å². The number of aryl methyl sites for hydroxylation is 1. The molecule has 0 aliphatic carbocycles. The molecule has 158 valence electrons. The van der Waals surface area contributed by atoms with Gasteiger partial charge < -0.3 is 23.5 Å². The molecule has 1 aromatic heterocycles. The van der Waals surface area contributed by atoms with Crippen molar-refractivity contribution in [1.82, 2.24) is 9.80 Å². The van der Waals surface area contributed by atoms with Crippen molar-refractivity contribution in [3.8, 4) is 17.2 Å². The van der Waals surface area contributed by atoms with E-state index in [9.17, 15) is 4.79 Å². The molecule has 3 rings (SSSR count). The summed E-state index contributed by atoms with van der Waals surface area (Å²) in [7, 11) is 5.05. The molecule has 1 aromatic carbocycles. The Hall–Kier alpha value is -2.67. The number of hydrogen-bond acceptors (Lipinski definition) is 6. The Balaban J connectivity index is 1.49. The van der Waals surface area contributed by atoms with Crippen LogP contribution in [0, 0.1) is 6.92 Å². The first-order chi connectivity index (χ1) is 14.0. The van der Waals surface area contributed by atoms with E-state index in [0.717, 1.165) is 37.5 Å². The lowest BCUT2D eigenvalue weighted by molar-refractivity contribution is -0.132. The number of furan rings is 1. The second-order valence-electron chi connectivity index (χ2n) is 7.35. The van der Waals surface area contributed by atoms with Gasteiger partial charge in [0.15, 0.2) is 11.5 Å². The number of ether oxygens (including phenoxy) is 3. The molecule has 0 N–H and O–H groups in total. The van der Waals surface area contributed by atoms with Crippen molar-refractivity contribution in [2.45, 2.75) is 32.4 Å². The molecule has 0 radical (unpaired) electrons. The number of amides is 1. The summed E-state index contributed by atoms with van der Waals surface area (Å²) in [6.07, 6.45) is 1.75. The predicted octanol–water partition coefficient (Wildman–Crippen LogP) is 3.11. The van der Waals surface area contributed by atoms with Crippen LogP contribution in [0.5, 0.6) is 17.2 Å². The van der Waals surface area contributed by atoms with Crippen molar-refractivity contribution < 1.29 is 23.4 Å².